The molecule has 0 aliphatic rings. The van der Waals surface area contributed by atoms with Gasteiger partial charge in [-0.05, 0) is 35.0 Å². The van der Waals surface area contributed by atoms with Crippen LogP contribution in [-0.2, 0) is 6.54 Å². The maximum atomic E-state index is 6.07. The number of ether oxygens (including phenoxy) is 2. The number of hydrogen-bond donors (Lipinski definition) is 1. The van der Waals surface area contributed by atoms with Crippen LogP contribution in [0.3, 0.4) is 0 Å². The summed E-state index contributed by atoms with van der Waals surface area (Å²) in [5, 5.41) is 3.32. The van der Waals surface area contributed by atoms with Gasteiger partial charge in [0.25, 0.3) is 0 Å². The van der Waals surface area contributed by atoms with Crippen LogP contribution in [0, 0.1) is 0 Å². The van der Waals surface area contributed by atoms with Crippen molar-refractivity contribution in [3.63, 3.8) is 0 Å². The van der Waals surface area contributed by atoms with E-state index in [1.807, 2.05) is 30.3 Å². The largest absolute Gasteiger partial charge is 0.490 e. The molecule has 0 unspecified atom stereocenters. The molecule has 2 N–H and O–H groups in total. The molecule has 0 fully saturated rings. The van der Waals surface area contributed by atoms with Gasteiger partial charge in [0.1, 0.15) is 24.7 Å². The number of benzene rings is 3. The lowest BCUT2D eigenvalue weighted by Gasteiger charge is -2.14. The van der Waals surface area contributed by atoms with Crippen molar-refractivity contribution < 1.29 is 9.47 Å². The van der Waals surface area contributed by atoms with E-state index in [2.05, 4.69) is 6.07 Å². The predicted octanol–water partition coefficient (Wildman–Crippen LogP) is 5.06. The molecule has 3 aromatic rings. The average Bonchev–Trinajstić information content (AvgIpc) is 2.59. The van der Waals surface area contributed by atoms with E-state index in [0.29, 0.717) is 35.6 Å². The number of fused-ring (bicyclic) bond motifs is 1. The summed E-state index contributed by atoms with van der Waals surface area (Å²) < 4.78 is 11.5. The van der Waals surface area contributed by atoms with Crippen molar-refractivity contribution in [2.24, 2.45) is 5.73 Å². The van der Waals surface area contributed by atoms with Crippen LogP contribution < -0.4 is 15.2 Å². The normalized spacial score (nSPS) is 10.8. The molecule has 0 atom stereocenters. The molecule has 0 aromatic heterocycles. The van der Waals surface area contributed by atoms with Gasteiger partial charge in [-0.3, -0.25) is 0 Å². The Morgan fingerprint density at radius 2 is 1.54 bits per heavy atom. The van der Waals surface area contributed by atoms with E-state index < -0.39 is 0 Å². The molecule has 24 heavy (non-hydrogen) atoms. The molecule has 0 heterocycles. The zero-order valence-electron chi connectivity index (χ0n) is 13.0. The van der Waals surface area contributed by atoms with Crippen LogP contribution in [0.4, 0.5) is 0 Å². The quantitative estimate of drug-likeness (QED) is 0.623. The lowest BCUT2D eigenvalue weighted by Crippen LogP contribution is -2.11. The third-order valence-electron chi connectivity index (χ3n) is 3.69. The first kappa shape index (κ1) is 16.9. The summed E-state index contributed by atoms with van der Waals surface area (Å²) in [5.41, 5.74) is 6.90. The van der Waals surface area contributed by atoms with Gasteiger partial charge in [-0.15, -0.1) is 0 Å². The van der Waals surface area contributed by atoms with Crippen molar-refractivity contribution >= 4 is 34.0 Å². The third kappa shape index (κ3) is 3.75. The zero-order chi connectivity index (χ0) is 16.9. The molecule has 3 nitrogen and oxygen atoms in total. The van der Waals surface area contributed by atoms with Gasteiger partial charge < -0.3 is 15.2 Å². The fraction of sp³-hybridized carbons (Fsp3) is 0.158. The van der Waals surface area contributed by atoms with Crippen molar-refractivity contribution in [2.45, 2.75) is 6.54 Å². The lowest BCUT2D eigenvalue weighted by atomic mass is 10.0. The molecule has 0 aliphatic carbocycles. The fourth-order valence-electron chi connectivity index (χ4n) is 2.56. The Morgan fingerprint density at radius 3 is 2.29 bits per heavy atom. The smallest absolute Gasteiger partial charge is 0.138 e. The Hall–Kier alpha value is -1.94. The Morgan fingerprint density at radius 1 is 0.833 bits per heavy atom. The van der Waals surface area contributed by atoms with Gasteiger partial charge in [0, 0.05) is 17.1 Å². The molecule has 3 aromatic carbocycles. The third-order valence-corrected chi connectivity index (χ3v) is 4.22. The van der Waals surface area contributed by atoms with E-state index in [-0.39, 0.29) is 0 Å². The highest BCUT2D eigenvalue weighted by Gasteiger charge is 2.08. The second-order valence-electron chi connectivity index (χ2n) is 5.24. The molecule has 3 rings (SSSR count). The van der Waals surface area contributed by atoms with Gasteiger partial charge >= 0.3 is 0 Å². The highest BCUT2D eigenvalue weighted by molar-refractivity contribution is 6.35. The number of rotatable bonds is 6. The molecular weight excluding hydrogens is 345 g/mol. The highest BCUT2D eigenvalue weighted by atomic mass is 35.5. The molecule has 0 saturated carbocycles. The number of hydrogen-bond acceptors (Lipinski definition) is 3. The monoisotopic (exact) mass is 361 g/mol. The van der Waals surface area contributed by atoms with E-state index in [0.717, 1.165) is 22.1 Å². The molecule has 124 valence electrons. The van der Waals surface area contributed by atoms with E-state index in [9.17, 15) is 0 Å². The van der Waals surface area contributed by atoms with Crippen molar-refractivity contribution in [1.82, 2.24) is 0 Å². The summed E-state index contributed by atoms with van der Waals surface area (Å²) in [5.74, 6) is 1.37. The van der Waals surface area contributed by atoms with Crippen LogP contribution in [0.5, 0.6) is 11.5 Å². The summed E-state index contributed by atoms with van der Waals surface area (Å²) in [6.45, 7) is 1.18. The van der Waals surface area contributed by atoms with Gasteiger partial charge in [-0.1, -0.05) is 53.5 Å². The molecule has 0 amide bonds. The Labute approximate surface area is 150 Å². The van der Waals surface area contributed by atoms with Gasteiger partial charge in [0.05, 0.1) is 5.02 Å². The van der Waals surface area contributed by atoms with E-state index in [1.165, 1.54) is 0 Å². The number of halogens is 2. The van der Waals surface area contributed by atoms with Crippen LogP contribution in [0.25, 0.3) is 10.8 Å². The minimum absolute atomic E-state index is 0.373. The molecule has 0 radical (unpaired) electrons. The summed E-state index contributed by atoms with van der Waals surface area (Å²) in [6.07, 6.45) is 0. The molecule has 0 saturated heterocycles. The lowest BCUT2D eigenvalue weighted by molar-refractivity contribution is 0.216. The maximum absolute atomic E-state index is 6.07. The van der Waals surface area contributed by atoms with Gasteiger partial charge in [0.15, 0.2) is 0 Å². The Kier molecular flexibility index (Phi) is 5.46. The van der Waals surface area contributed by atoms with Crippen LogP contribution in [0.1, 0.15) is 5.56 Å². The Bertz CT molecular complexity index is 852. The van der Waals surface area contributed by atoms with E-state index in [4.69, 9.17) is 38.4 Å². The standard InChI is InChI=1S/C19H17Cl2NO2/c20-14-6-8-19(17(21)11-14)24-10-9-23-18-7-5-13-3-1-2-4-15(13)16(18)12-22/h1-8,11H,9-10,12,22H2. The van der Waals surface area contributed by atoms with E-state index in [1.54, 1.807) is 18.2 Å². The average molecular weight is 362 g/mol. The van der Waals surface area contributed by atoms with Crippen molar-refractivity contribution in [3.8, 4) is 11.5 Å². The second-order valence-corrected chi connectivity index (χ2v) is 6.08. The zero-order valence-corrected chi connectivity index (χ0v) is 14.5. The van der Waals surface area contributed by atoms with Crippen molar-refractivity contribution in [3.05, 3.63) is 70.2 Å². The molecule has 0 spiro atoms. The fourth-order valence-corrected chi connectivity index (χ4v) is 3.02. The van der Waals surface area contributed by atoms with Gasteiger partial charge in [0.2, 0.25) is 0 Å². The van der Waals surface area contributed by atoms with E-state index >= 15 is 0 Å². The van der Waals surface area contributed by atoms with Crippen molar-refractivity contribution in [2.75, 3.05) is 13.2 Å². The van der Waals surface area contributed by atoms with Gasteiger partial charge in [-0.25, -0.2) is 0 Å². The molecular formula is C19H17Cl2NO2. The number of nitrogens with two attached hydrogens (primary N) is 1. The molecule has 0 aliphatic heterocycles. The second kappa shape index (κ2) is 7.75. The summed E-state index contributed by atoms with van der Waals surface area (Å²) in [4.78, 5) is 0. The van der Waals surface area contributed by atoms with Crippen LogP contribution in [0.2, 0.25) is 10.0 Å². The minimum atomic E-state index is 0.373. The summed E-state index contributed by atoms with van der Waals surface area (Å²) in [6, 6.07) is 17.2. The summed E-state index contributed by atoms with van der Waals surface area (Å²) >= 11 is 11.9. The van der Waals surface area contributed by atoms with Crippen molar-refractivity contribution in [1.29, 1.82) is 0 Å². The van der Waals surface area contributed by atoms with Crippen LogP contribution in [0.15, 0.2) is 54.6 Å². The topological polar surface area (TPSA) is 44.5 Å². The maximum Gasteiger partial charge on any atom is 0.138 e. The first-order valence-corrected chi connectivity index (χ1v) is 8.36. The predicted molar refractivity (Wildman–Crippen MR) is 99.3 cm³/mol. The highest BCUT2D eigenvalue weighted by Crippen LogP contribution is 2.29. The SMILES string of the molecule is NCc1c(OCCOc2ccc(Cl)cc2Cl)ccc2ccccc12. The molecule has 0 bridgehead atoms. The summed E-state index contributed by atoms with van der Waals surface area (Å²) in [7, 11) is 0. The first-order chi connectivity index (χ1) is 11.7. The minimum Gasteiger partial charge on any atom is -0.490 e. The first-order valence-electron chi connectivity index (χ1n) is 7.60. The van der Waals surface area contributed by atoms with Crippen LogP contribution >= 0.6 is 23.2 Å². The van der Waals surface area contributed by atoms with Gasteiger partial charge in [-0.2, -0.15) is 0 Å². The Balaban J connectivity index is 1.65. The molecule has 5 heteroatoms. The van der Waals surface area contributed by atoms with Crippen LogP contribution in [-0.4, -0.2) is 13.2 Å².